The fraction of sp³-hybridized carbons (Fsp3) is 0.588. The van der Waals surface area contributed by atoms with Gasteiger partial charge in [0.05, 0.1) is 6.04 Å². The van der Waals surface area contributed by atoms with E-state index in [4.69, 9.17) is 4.99 Å². The van der Waals surface area contributed by atoms with Crippen molar-refractivity contribution in [1.82, 2.24) is 0 Å². The standard InChI is InChI=1S/C17H23NO/c1-16(2)13-8-9-17(3,10-13)15(16)18-11-12-6-4-5-7-14(12)19/h4-7,11,13,15,19H,8-10H2,1-3H3/t13-,15+,17+/m0/s1. The molecule has 2 heteroatoms. The van der Waals surface area contributed by atoms with Gasteiger partial charge in [0.2, 0.25) is 0 Å². The number of nitrogens with zero attached hydrogens (tertiary/aromatic N) is 1. The minimum Gasteiger partial charge on any atom is -0.507 e. The van der Waals surface area contributed by atoms with Crippen LogP contribution in [0.1, 0.15) is 45.6 Å². The maximum Gasteiger partial charge on any atom is 0.124 e. The van der Waals surface area contributed by atoms with Crippen LogP contribution in [0.3, 0.4) is 0 Å². The van der Waals surface area contributed by atoms with Crippen LogP contribution in [0.2, 0.25) is 0 Å². The van der Waals surface area contributed by atoms with Gasteiger partial charge >= 0.3 is 0 Å². The van der Waals surface area contributed by atoms with Crippen LogP contribution in [0.25, 0.3) is 0 Å². The van der Waals surface area contributed by atoms with Crippen molar-refractivity contribution in [3.8, 4) is 5.75 Å². The zero-order chi connectivity index (χ0) is 13.7. The molecule has 0 saturated heterocycles. The maximum absolute atomic E-state index is 9.82. The van der Waals surface area contributed by atoms with Crippen molar-refractivity contribution in [2.24, 2.45) is 21.7 Å². The molecule has 1 aromatic rings. The summed E-state index contributed by atoms with van der Waals surface area (Å²) in [6.07, 6.45) is 5.83. The Balaban J connectivity index is 1.89. The lowest BCUT2D eigenvalue weighted by molar-refractivity contribution is 0.143. The number of hydrogen-bond donors (Lipinski definition) is 1. The Morgan fingerprint density at radius 1 is 1.26 bits per heavy atom. The molecule has 19 heavy (non-hydrogen) atoms. The molecule has 2 saturated carbocycles. The molecule has 2 nitrogen and oxygen atoms in total. The van der Waals surface area contributed by atoms with Gasteiger partial charge in [0.25, 0.3) is 0 Å². The number of phenols is 1. The predicted octanol–water partition coefficient (Wildman–Crippen LogP) is 4.03. The zero-order valence-electron chi connectivity index (χ0n) is 12.1. The molecule has 0 radical (unpaired) electrons. The van der Waals surface area contributed by atoms with E-state index in [1.807, 2.05) is 24.4 Å². The van der Waals surface area contributed by atoms with Crippen molar-refractivity contribution in [3.63, 3.8) is 0 Å². The number of hydrogen-bond acceptors (Lipinski definition) is 2. The van der Waals surface area contributed by atoms with Gasteiger partial charge in [-0.2, -0.15) is 0 Å². The third kappa shape index (κ3) is 1.89. The highest BCUT2D eigenvalue weighted by Gasteiger charge is 2.59. The predicted molar refractivity (Wildman–Crippen MR) is 78.7 cm³/mol. The molecule has 2 fully saturated rings. The van der Waals surface area contributed by atoms with E-state index in [2.05, 4.69) is 20.8 Å². The van der Waals surface area contributed by atoms with Crippen LogP contribution in [0.5, 0.6) is 5.75 Å². The molecule has 3 atom stereocenters. The summed E-state index contributed by atoms with van der Waals surface area (Å²) in [4.78, 5) is 4.88. The summed E-state index contributed by atoms with van der Waals surface area (Å²) in [5.74, 6) is 1.13. The van der Waals surface area contributed by atoms with Gasteiger partial charge in [-0.25, -0.2) is 0 Å². The fourth-order valence-corrected chi connectivity index (χ4v) is 4.40. The van der Waals surface area contributed by atoms with Crippen molar-refractivity contribution >= 4 is 6.21 Å². The molecule has 0 unspecified atom stereocenters. The highest BCUT2D eigenvalue weighted by molar-refractivity contribution is 5.83. The number of phenolic OH excluding ortho intramolecular Hbond substituents is 1. The summed E-state index contributed by atoms with van der Waals surface area (Å²) in [5, 5.41) is 9.82. The molecule has 1 aromatic carbocycles. The number of benzene rings is 1. The molecule has 102 valence electrons. The van der Waals surface area contributed by atoms with Gasteiger partial charge in [0.15, 0.2) is 0 Å². The van der Waals surface area contributed by atoms with Crippen LogP contribution in [-0.2, 0) is 0 Å². The molecule has 0 heterocycles. The first-order valence-corrected chi connectivity index (χ1v) is 7.25. The second-order valence-corrected chi connectivity index (χ2v) is 7.15. The van der Waals surface area contributed by atoms with E-state index in [1.54, 1.807) is 6.07 Å². The van der Waals surface area contributed by atoms with Gasteiger partial charge in [-0.05, 0) is 48.1 Å². The fourth-order valence-electron chi connectivity index (χ4n) is 4.40. The SMILES string of the molecule is CC1(C)[C@H]2CC[C@](C)(C2)[C@@H]1N=Cc1ccccc1O. The number of aromatic hydroxyl groups is 1. The van der Waals surface area contributed by atoms with E-state index in [1.165, 1.54) is 19.3 Å². The van der Waals surface area contributed by atoms with Gasteiger partial charge in [0.1, 0.15) is 5.75 Å². The first-order chi connectivity index (χ1) is 8.93. The molecule has 0 amide bonds. The van der Waals surface area contributed by atoms with Gasteiger partial charge in [-0.15, -0.1) is 0 Å². The Labute approximate surface area is 115 Å². The molecule has 2 aliphatic rings. The minimum atomic E-state index is 0.286. The summed E-state index contributed by atoms with van der Waals surface area (Å²) in [5.41, 5.74) is 1.47. The van der Waals surface area contributed by atoms with E-state index >= 15 is 0 Å². The second kappa shape index (κ2) is 4.09. The zero-order valence-corrected chi connectivity index (χ0v) is 12.1. The number of para-hydroxylation sites is 1. The number of rotatable bonds is 2. The van der Waals surface area contributed by atoms with E-state index < -0.39 is 0 Å². The largest absolute Gasteiger partial charge is 0.507 e. The topological polar surface area (TPSA) is 32.6 Å². The smallest absolute Gasteiger partial charge is 0.124 e. The number of fused-ring (bicyclic) bond motifs is 2. The quantitative estimate of drug-likeness (QED) is 0.797. The highest BCUT2D eigenvalue weighted by atomic mass is 16.3. The van der Waals surface area contributed by atoms with Crippen LogP contribution in [0.4, 0.5) is 0 Å². The lowest BCUT2D eigenvalue weighted by atomic mass is 9.69. The third-order valence-corrected chi connectivity index (χ3v) is 5.49. The van der Waals surface area contributed by atoms with E-state index in [9.17, 15) is 5.11 Å². The second-order valence-electron chi connectivity index (χ2n) is 7.15. The molecule has 3 rings (SSSR count). The Bertz CT molecular complexity index is 515. The van der Waals surface area contributed by atoms with Crippen molar-refractivity contribution in [2.45, 2.75) is 46.1 Å². The lowest BCUT2D eigenvalue weighted by Crippen LogP contribution is -2.39. The average molecular weight is 257 g/mol. The first kappa shape index (κ1) is 12.7. The van der Waals surface area contributed by atoms with Crippen molar-refractivity contribution in [1.29, 1.82) is 0 Å². The van der Waals surface area contributed by atoms with E-state index in [0.717, 1.165) is 11.5 Å². The number of aliphatic imine (C=N–C) groups is 1. The monoisotopic (exact) mass is 257 g/mol. The summed E-state index contributed by atoms with van der Waals surface area (Å²) in [6.45, 7) is 7.10. The molecule has 0 spiro atoms. The lowest BCUT2D eigenvalue weighted by Gasteiger charge is -2.40. The molecule has 0 aliphatic heterocycles. The van der Waals surface area contributed by atoms with Crippen LogP contribution in [-0.4, -0.2) is 17.4 Å². The van der Waals surface area contributed by atoms with Gasteiger partial charge in [-0.1, -0.05) is 32.9 Å². The van der Waals surface area contributed by atoms with Crippen LogP contribution in [0, 0.1) is 16.7 Å². The molecule has 2 aliphatic carbocycles. The van der Waals surface area contributed by atoms with Crippen LogP contribution in [0.15, 0.2) is 29.3 Å². The minimum absolute atomic E-state index is 0.286. The van der Waals surface area contributed by atoms with Crippen molar-refractivity contribution in [3.05, 3.63) is 29.8 Å². The Hall–Kier alpha value is -1.31. The normalized spacial score (nSPS) is 36.2. The Kier molecular flexibility index (Phi) is 2.74. The average Bonchev–Trinajstić information content (AvgIpc) is 2.82. The van der Waals surface area contributed by atoms with Gasteiger partial charge < -0.3 is 5.11 Å². The van der Waals surface area contributed by atoms with E-state index in [0.29, 0.717) is 17.2 Å². The van der Waals surface area contributed by atoms with Crippen molar-refractivity contribution < 1.29 is 5.11 Å². The van der Waals surface area contributed by atoms with Gasteiger partial charge in [0, 0.05) is 11.8 Å². The summed E-state index contributed by atoms with van der Waals surface area (Å²) < 4.78 is 0. The molecule has 2 bridgehead atoms. The highest BCUT2D eigenvalue weighted by Crippen LogP contribution is 2.63. The van der Waals surface area contributed by atoms with Crippen LogP contribution < -0.4 is 0 Å². The Morgan fingerprint density at radius 2 is 2.00 bits per heavy atom. The molecule has 0 aromatic heterocycles. The molecular formula is C17H23NO. The summed E-state index contributed by atoms with van der Waals surface area (Å²) in [7, 11) is 0. The van der Waals surface area contributed by atoms with Crippen LogP contribution >= 0.6 is 0 Å². The van der Waals surface area contributed by atoms with Gasteiger partial charge in [-0.3, -0.25) is 4.99 Å². The summed E-state index contributed by atoms with van der Waals surface area (Å²) >= 11 is 0. The first-order valence-electron chi connectivity index (χ1n) is 7.25. The maximum atomic E-state index is 9.82. The molecular weight excluding hydrogens is 234 g/mol. The van der Waals surface area contributed by atoms with E-state index in [-0.39, 0.29) is 5.41 Å². The van der Waals surface area contributed by atoms with Crippen molar-refractivity contribution in [2.75, 3.05) is 0 Å². The molecule has 1 N–H and O–H groups in total. The Morgan fingerprint density at radius 3 is 2.63 bits per heavy atom. The third-order valence-electron chi connectivity index (χ3n) is 5.49. The summed E-state index contributed by atoms with van der Waals surface area (Å²) in [6, 6.07) is 7.79.